The van der Waals surface area contributed by atoms with Crippen molar-refractivity contribution in [3.63, 3.8) is 0 Å². The minimum absolute atomic E-state index is 0.442. The van der Waals surface area contributed by atoms with E-state index in [2.05, 4.69) is 32.1 Å². The van der Waals surface area contributed by atoms with Crippen LogP contribution in [0.15, 0.2) is 158 Å². The Morgan fingerprint density at radius 1 is 0.176 bits per heavy atom. The minimum Gasteiger partial charge on any atom is -0.324 e. The predicted octanol–water partition coefficient (Wildman–Crippen LogP) is 12.1. The van der Waals surface area contributed by atoms with Crippen LogP contribution in [-0.2, 0) is 0 Å². The molecule has 16 heteroatoms. The van der Waals surface area contributed by atoms with Crippen molar-refractivity contribution in [1.82, 2.24) is 79.7 Å². The van der Waals surface area contributed by atoms with Crippen LogP contribution >= 0.6 is 0 Å². The Labute approximate surface area is 415 Å². The van der Waals surface area contributed by atoms with E-state index in [1.807, 2.05) is 146 Å². The van der Waals surface area contributed by atoms with Crippen molar-refractivity contribution in [1.29, 1.82) is 0 Å². The third-order valence-electron chi connectivity index (χ3n) is 14.2. The molecule has 17 rings (SSSR count). The van der Waals surface area contributed by atoms with Crippen LogP contribution in [0.3, 0.4) is 0 Å². The van der Waals surface area contributed by atoms with Crippen LogP contribution in [0, 0.1) is 0 Å². The molecule has 0 radical (unpaired) electrons. The molecule has 4 aliphatic heterocycles. The lowest BCUT2D eigenvalue weighted by Crippen LogP contribution is -1.88. The van der Waals surface area contributed by atoms with Crippen molar-refractivity contribution in [2.75, 3.05) is 0 Å². The van der Waals surface area contributed by atoms with Crippen LogP contribution in [0.2, 0.25) is 0 Å². The average Bonchev–Trinajstić information content (AvgIpc) is 4.34. The highest BCUT2D eigenvalue weighted by molar-refractivity contribution is 6.09. The van der Waals surface area contributed by atoms with Gasteiger partial charge in [0, 0.05) is 87.6 Å². The zero-order chi connectivity index (χ0) is 48.2. The van der Waals surface area contributed by atoms with Crippen LogP contribution in [0.1, 0.15) is 0 Å². The zero-order valence-electron chi connectivity index (χ0n) is 38.4. The van der Waals surface area contributed by atoms with Crippen molar-refractivity contribution < 1.29 is 0 Å². The Kier molecular flexibility index (Phi) is 7.61. The summed E-state index contributed by atoms with van der Waals surface area (Å²) in [6, 6.07) is 52.3. The summed E-state index contributed by atoms with van der Waals surface area (Å²) in [6.07, 6.45) is 0. The molecular weight excluding hydrogens is 921 g/mol. The maximum Gasteiger partial charge on any atom is 0.164 e. The molecule has 342 valence electrons. The van der Waals surface area contributed by atoms with Gasteiger partial charge in [-0.25, -0.2) is 59.8 Å². The lowest BCUT2D eigenvalue weighted by molar-refractivity contribution is 1.19. The number of aromatic amines is 4. The van der Waals surface area contributed by atoms with Gasteiger partial charge in [0.2, 0.25) is 0 Å². The predicted molar refractivity (Wildman–Crippen MR) is 286 cm³/mol. The fourth-order valence-electron chi connectivity index (χ4n) is 10.8. The molecule has 6 aromatic heterocycles. The highest BCUT2D eigenvalue weighted by Gasteiger charge is 2.29. The highest BCUT2D eigenvalue weighted by atomic mass is 15.1. The van der Waals surface area contributed by atoms with E-state index in [0.717, 1.165) is 87.6 Å². The van der Waals surface area contributed by atoms with Crippen molar-refractivity contribution in [3.05, 3.63) is 158 Å². The lowest BCUT2D eigenvalue weighted by Gasteiger charge is -2.04. The van der Waals surface area contributed by atoms with Crippen molar-refractivity contribution in [3.8, 4) is 91.1 Å². The van der Waals surface area contributed by atoms with E-state index in [1.54, 1.807) is 0 Å². The molecule has 0 amide bonds. The quantitative estimate of drug-likeness (QED) is 0.112. The Morgan fingerprint density at radius 3 is 0.527 bits per heavy atom. The van der Waals surface area contributed by atoms with Crippen LogP contribution < -0.4 is 0 Å². The topological polar surface area (TPSA) is 218 Å². The van der Waals surface area contributed by atoms with E-state index in [0.29, 0.717) is 91.8 Å². The summed E-state index contributed by atoms with van der Waals surface area (Å²) in [4.78, 5) is 76.9. The van der Waals surface area contributed by atoms with E-state index in [4.69, 9.17) is 59.8 Å². The first kappa shape index (κ1) is 39.0. The van der Waals surface area contributed by atoms with Crippen LogP contribution in [0.4, 0.5) is 0 Å². The summed E-state index contributed by atoms with van der Waals surface area (Å²) in [6.45, 7) is 0. The molecule has 0 saturated heterocycles. The first-order chi connectivity index (χ1) is 36.6. The maximum atomic E-state index is 5.34. The highest BCUT2D eigenvalue weighted by Crippen LogP contribution is 2.45. The molecular formula is C58H30N16. The Hall–Kier alpha value is -10.7. The third kappa shape index (κ3) is 5.60. The summed E-state index contributed by atoms with van der Waals surface area (Å²) in [7, 11) is 0. The average molecular weight is 951 g/mol. The summed E-state index contributed by atoms with van der Waals surface area (Å²) < 4.78 is 0. The largest absolute Gasteiger partial charge is 0.324 e. The van der Waals surface area contributed by atoms with E-state index in [1.165, 1.54) is 0 Å². The number of hydrogen-bond acceptors (Lipinski definition) is 12. The van der Waals surface area contributed by atoms with Gasteiger partial charge in [-0.05, 0) is 12.1 Å². The number of benzene rings is 7. The number of H-pyrrole nitrogens is 4. The molecule has 0 atom stereocenters. The maximum absolute atomic E-state index is 5.34. The molecule has 4 aliphatic rings. The van der Waals surface area contributed by atoms with E-state index in [-0.39, 0.29) is 0 Å². The molecule has 7 aromatic carbocycles. The third-order valence-corrected chi connectivity index (χ3v) is 14.2. The Bertz CT molecular complexity index is 4450. The molecule has 13 aromatic rings. The van der Waals surface area contributed by atoms with Gasteiger partial charge in [0.1, 0.15) is 45.2 Å². The smallest absolute Gasteiger partial charge is 0.164 e. The second kappa shape index (κ2) is 14.4. The number of nitrogens with zero attached hydrogens (tertiary/aromatic N) is 12. The van der Waals surface area contributed by atoms with Gasteiger partial charge in [-0.15, -0.1) is 0 Å². The second-order valence-electron chi connectivity index (χ2n) is 18.4. The molecule has 16 bridgehead atoms. The first-order valence-electron chi connectivity index (χ1n) is 24.0. The van der Waals surface area contributed by atoms with E-state index >= 15 is 0 Å². The SMILES string of the molecule is c1ccc2c(c1)-c1nc-2nc2[nH]c(nc3nc(nc4[nH]c(n1)c1ccccc41)-c1cc4c(cc1-3)-c1nc-4nc3[nH]c(nc4nc(nc5[nH]c(n1)c1ccccc51)-c1ccccc1-4)c1ccccc31)c1ccccc21. The fourth-order valence-corrected chi connectivity index (χ4v) is 10.8. The molecule has 0 fully saturated rings. The normalized spacial score (nSPS) is 12.3. The molecule has 0 saturated carbocycles. The molecule has 0 unspecified atom stereocenters. The van der Waals surface area contributed by atoms with Crippen molar-refractivity contribution >= 4 is 88.3 Å². The number of rotatable bonds is 0. The second-order valence-corrected chi connectivity index (χ2v) is 18.4. The number of nitrogens with one attached hydrogen (secondary N) is 4. The monoisotopic (exact) mass is 950 g/mol. The summed E-state index contributed by atoms with van der Waals surface area (Å²) in [5.41, 5.74) is 11.2. The van der Waals surface area contributed by atoms with Gasteiger partial charge in [0.15, 0.2) is 46.6 Å². The number of aromatic nitrogens is 16. The fraction of sp³-hybridized carbons (Fsp3) is 0. The Morgan fingerprint density at radius 2 is 0.338 bits per heavy atom. The number of hydrogen-bond donors (Lipinski definition) is 4. The van der Waals surface area contributed by atoms with Gasteiger partial charge in [0.25, 0.3) is 0 Å². The van der Waals surface area contributed by atoms with Crippen LogP contribution in [-0.4, -0.2) is 79.7 Å². The van der Waals surface area contributed by atoms with Crippen molar-refractivity contribution in [2.45, 2.75) is 0 Å². The van der Waals surface area contributed by atoms with Crippen LogP contribution in [0.25, 0.3) is 179 Å². The Balaban J connectivity index is 0.990. The van der Waals surface area contributed by atoms with Gasteiger partial charge in [0.05, 0.1) is 0 Å². The zero-order valence-corrected chi connectivity index (χ0v) is 38.4. The van der Waals surface area contributed by atoms with E-state index < -0.39 is 0 Å². The summed E-state index contributed by atoms with van der Waals surface area (Å²) >= 11 is 0. The molecule has 16 nitrogen and oxygen atoms in total. The minimum atomic E-state index is 0.442. The first-order valence-corrected chi connectivity index (χ1v) is 24.0. The molecule has 0 aliphatic carbocycles. The van der Waals surface area contributed by atoms with Gasteiger partial charge in [-0.3, -0.25) is 0 Å². The summed E-state index contributed by atoms with van der Waals surface area (Å²) in [5.74, 6) is 3.93. The van der Waals surface area contributed by atoms with Gasteiger partial charge in [-0.1, -0.05) is 146 Å². The lowest BCUT2D eigenvalue weighted by atomic mass is 9.99. The standard InChI is InChI=1S/C58H30N16/c1-2-14-28-27(13-1)43-59-44(28)62-48-32-18-6-10-22-36(32)52(66-48)70-56-40-26-42-41(25-39(40)55(73-56)69-51-35-21-9-5-17-31(35)47(61-43)65-51)57-71-53-37-23-11-7-19-33(37)49(67-53)63-45-29-15-3-4-16-30(29)46(60-45)64-50-34-20-8-12-24-38(34)54(68-50)72-58(42)74-57/h1-26H,(H2,59,61,62,65,66,69,70,73)(H2,60,63,64,67,68,71,72,74). The van der Waals surface area contributed by atoms with Crippen LogP contribution in [0.5, 0.6) is 0 Å². The molecule has 74 heavy (non-hydrogen) atoms. The van der Waals surface area contributed by atoms with Gasteiger partial charge in [-0.2, -0.15) is 0 Å². The molecule has 0 spiro atoms. The summed E-state index contributed by atoms with van der Waals surface area (Å²) in [5, 5.41) is 7.00. The van der Waals surface area contributed by atoms with Gasteiger partial charge < -0.3 is 19.9 Å². The number of fused-ring (bicyclic) bond motifs is 40. The van der Waals surface area contributed by atoms with E-state index in [9.17, 15) is 0 Å². The van der Waals surface area contributed by atoms with Gasteiger partial charge >= 0.3 is 0 Å². The molecule has 10 heterocycles. The molecule has 4 N–H and O–H groups in total. The van der Waals surface area contributed by atoms with Crippen molar-refractivity contribution in [2.24, 2.45) is 0 Å².